The number of imidazole rings is 1. The van der Waals surface area contributed by atoms with E-state index in [1.807, 2.05) is 18.2 Å². The van der Waals surface area contributed by atoms with E-state index in [9.17, 15) is 24.0 Å². The van der Waals surface area contributed by atoms with Gasteiger partial charge in [-0.15, -0.1) is 6.58 Å². The fraction of sp³-hybridized carbons (Fsp3) is 0.514. The Kier molecular flexibility index (Phi) is 13.0. The third-order valence-electron chi connectivity index (χ3n) is 9.28. The SMILES string of the molecule is C=C[C@H]1[C@H](O[C@@H]2O[C@H](COC(C)=O)[C@@H](OC(C)=O)[C@H](OC(C)=O)[C@H]2OC(C)=O)OC=C(C(=O)OC)[C@H]1C[C@@H]1c2nc[nH]c2CCN1Cc1ccccc1. The van der Waals surface area contributed by atoms with Crippen LogP contribution < -0.4 is 0 Å². The Balaban J connectivity index is 1.50. The first-order chi connectivity index (χ1) is 25.4. The number of hydrogen-bond donors (Lipinski definition) is 1. The monoisotopic (exact) mass is 739 g/mol. The van der Waals surface area contributed by atoms with E-state index in [2.05, 4.69) is 33.6 Å². The highest BCUT2D eigenvalue weighted by Gasteiger charge is 2.54. The van der Waals surface area contributed by atoms with E-state index in [0.717, 1.165) is 50.7 Å². The first-order valence-electron chi connectivity index (χ1n) is 17.2. The highest BCUT2D eigenvalue weighted by Crippen LogP contribution is 2.43. The van der Waals surface area contributed by atoms with E-state index in [0.29, 0.717) is 13.0 Å². The van der Waals surface area contributed by atoms with E-state index >= 15 is 0 Å². The van der Waals surface area contributed by atoms with Crippen LogP contribution in [-0.4, -0.2) is 102 Å². The summed E-state index contributed by atoms with van der Waals surface area (Å²) in [5.74, 6) is -4.94. The lowest BCUT2D eigenvalue weighted by molar-refractivity contribution is -0.342. The molecule has 0 spiro atoms. The molecule has 5 rings (SSSR count). The van der Waals surface area contributed by atoms with Crippen LogP contribution in [-0.2, 0) is 74.8 Å². The molecule has 0 saturated carbocycles. The number of aromatic nitrogens is 2. The number of benzene rings is 1. The average molecular weight is 740 g/mol. The van der Waals surface area contributed by atoms with Crippen molar-refractivity contribution in [2.24, 2.45) is 11.8 Å². The number of fused-ring (bicyclic) bond motifs is 1. The van der Waals surface area contributed by atoms with Crippen molar-refractivity contribution >= 4 is 29.8 Å². The summed E-state index contributed by atoms with van der Waals surface area (Å²) >= 11 is 0. The van der Waals surface area contributed by atoms with Gasteiger partial charge in [0.25, 0.3) is 0 Å². The van der Waals surface area contributed by atoms with Gasteiger partial charge in [-0.3, -0.25) is 24.1 Å². The molecule has 0 amide bonds. The van der Waals surface area contributed by atoms with Crippen LogP contribution in [0.15, 0.2) is 61.1 Å². The smallest absolute Gasteiger partial charge is 0.337 e. The quantitative estimate of drug-likeness (QED) is 0.179. The summed E-state index contributed by atoms with van der Waals surface area (Å²) in [6.07, 6.45) is -2.65. The van der Waals surface area contributed by atoms with Crippen molar-refractivity contribution in [3.05, 3.63) is 78.1 Å². The first kappa shape index (κ1) is 39.2. The maximum absolute atomic E-state index is 13.3. The van der Waals surface area contributed by atoms with Gasteiger partial charge in [-0.2, -0.15) is 0 Å². The number of rotatable bonds is 13. The standard InChI is InChI=1S/C37H45N3O13/c1-7-25-26(15-29-31-28(38-19-39-31)13-14-40(29)16-24-11-9-8-10-12-24)27(35(45)46-6)17-48-36(25)53-37-34(51-23(5)44)33(50-22(4)43)32(49-21(3)42)30(52-37)18-47-20(2)41/h7-12,17,19,25-26,29-30,32-34,36-37H,1,13-16,18H2,2-6H3,(H,38,39)/t25-,26+,29-,30-,32-,33+,34-,36+,37+/m1/s1. The fourth-order valence-corrected chi connectivity index (χ4v) is 7.06. The molecule has 1 aromatic carbocycles. The lowest BCUT2D eigenvalue weighted by Crippen LogP contribution is -2.63. The van der Waals surface area contributed by atoms with Crippen molar-refractivity contribution in [2.45, 2.75) is 90.1 Å². The van der Waals surface area contributed by atoms with Crippen LogP contribution in [0.3, 0.4) is 0 Å². The van der Waals surface area contributed by atoms with Crippen molar-refractivity contribution < 1.29 is 61.9 Å². The van der Waals surface area contributed by atoms with Crippen LogP contribution in [0.4, 0.5) is 0 Å². The molecule has 53 heavy (non-hydrogen) atoms. The highest BCUT2D eigenvalue weighted by atomic mass is 16.8. The number of nitrogens with one attached hydrogen (secondary N) is 1. The van der Waals surface area contributed by atoms with Crippen molar-refractivity contribution in [1.82, 2.24) is 14.9 Å². The Morgan fingerprint density at radius 2 is 1.62 bits per heavy atom. The molecule has 3 aliphatic rings. The van der Waals surface area contributed by atoms with Gasteiger partial charge in [-0.1, -0.05) is 36.4 Å². The van der Waals surface area contributed by atoms with Gasteiger partial charge in [-0.05, 0) is 12.0 Å². The normalized spacial score (nSPS) is 28.2. The number of ether oxygens (including phenoxy) is 8. The van der Waals surface area contributed by atoms with Crippen LogP contribution >= 0.6 is 0 Å². The van der Waals surface area contributed by atoms with Crippen LogP contribution in [0.5, 0.6) is 0 Å². The summed E-state index contributed by atoms with van der Waals surface area (Å²) < 4.78 is 45.6. The molecule has 4 heterocycles. The number of carbonyl (C=O) groups excluding carboxylic acids is 5. The topological polar surface area (TPSA) is 191 Å². The number of carbonyl (C=O) groups is 5. The summed E-state index contributed by atoms with van der Waals surface area (Å²) in [6, 6.07) is 9.77. The Morgan fingerprint density at radius 3 is 2.26 bits per heavy atom. The van der Waals surface area contributed by atoms with Crippen LogP contribution in [0.2, 0.25) is 0 Å². The maximum atomic E-state index is 13.3. The number of nitrogens with zero attached hydrogens (tertiary/aromatic N) is 2. The second kappa shape index (κ2) is 17.6. The third-order valence-corrected chi connectivity index (χ3v) is 9.28. The first-order valence-corrected chi connectivity index (χ1v) is 17.2. The Hall–Kier alpha value is -5.06. The molecule has 1 aromatic heterocycles. The summed E-state index contributed by atoms with van der Waals surface area (Å²) in [4.78, 5) is 72.2. The summed E-state index contributed by atoms with van der Waals surface area (Å²) in [6.45, 7) is 9.54. The summed E-state index contributed by atoms with van der Waals surface area (Å²) in [5.41, 5.74) is 3.19. The molecule has 0 unspecified atom stereocenters. The minimum atomic E-state index is -1.53. The molecular weight excluding hydrogens is 694 g/mol. The second-order valence-corrected chi connectivity index (χ2v) is 12.9. The van der Waals surface area contributed by atoms with Gasteiger partial charge >= 0.3 is 29.8 Å². The second-order valence-electron chi connectivity index (χ2n) is 12.9. The molecule has 2 aromatic rings. The number of esters is 5. The molecule has 0 aliphatic carbocycles. The van der Waals surface area contributed by atoms with Gasteiger partial charge in [0.05, 0.1) is 37.0 Å². The molecule has 1 saturated heterocycles. The van der Waals surface area contributed by atoms with Gasteiger partial charge in [0.15, 0.2) is 18.3 Å². The molecule has 286 valence electrons. The zero-order valence-corrected chi connectivity index (χ0v) is 30.3. The zero-order valence-electron chi connectivity index (χ0n) is 30.3. The highest BCUT2D eigenvalue weighted by molar-refractivity contribution is 5.89. The predicted molar refractivity (Wildman–Crippen MR) is 182 cm³/mol. The molecule has 1 N–H and O–H groups in total. The minimum Gasteiger partial charge on any atom is -0.471 e. The van der Waals surface area contributed by atoms with Gasteiger partial charge < -0.3 is 42.9 Å². The van der Waals surface area contributed by atoms with Crippen LogP contribution in [0.25, 0.3) is 0 Å². The Bertz CT molecular complexity index is 1680. The van der Waals surface area contributed by atoms with Gasteiger partial charge in [0.1, 0.15) is 12.7 Å². The Morgan fingerprint density at radius 1 is 0.943 bits per heavy atom. The van der Waals surface area contributed by atoms with E-state index in [1.54, 1.807) is 12.4 Å². The van der Waals surface area contributed by atoms with Crippen LogP contribution in [0, 0.1) is 11.8 Å². The number of methoxy groups -OCH3 is 1. The van der Waals surface area contributed by atoms with Gasteiger partial charge in [0.2, 0.25) is 12.6 Å². The average Bonchev–Trinajstić information content (AvgIpc) is 3.60. The molecule has 3 aliphatic heterocycles. The van der Waals surface area contributed by atoms with E-state index in [-0.39, 0.29) is 11.6 Å². The molecule has 0 bridgehead atoms. The Labute approximate surface area is 306 Å². The molecular formula is C37H45N3O13. The lowest BCUT2D eigenvalue weighted by atomic mass is 9.78. The largest absolute Gasteiger partial charge is 0.471 e. The molecule has 16 heteroatoms. The lowest BCUT2D eigenvalue weighted by Gasteiger charge is -2.46. The van der Waals surface area contributed by atoms with Crippen molar-refractivity contribution in [3.8, 4) is 0 Å². The number of hydrogen-bond acceptors (Lipinski definition) is 15. The van der Waals surface area contributed by atoms with Gasteiger partial charge in [-0.25, -0.2) is 9.78 Å². The zero-order chi connectivity index (χ0) is 38.2. The van der Waals surface area contributed by atoms with E-state index < -0.39 is 85.3 Å². The van der Waals surface area contributed by atoms with Crippen LogP contribution in [0.1, 0.15) is 57.1 Å². The molecule has 0 radical (unpaired) electrons. The molecule has 9 atom stereocenters. The molecule has 1 fully saturated rings. The van der Waals surface area contributed by atoms with Crippen molar-refractivity contribution in [2.75, 3.05) is 20.3 Å². The maximum Gasteiger partial charge on any atom is 0.337 e. The van der Waals surface area contributed by atoms with Crippen molar-refractivity contribution in [1.29, 1.82) is 0 Å². The summed E-state index contributed by atoms with van der Waals surface area (Å²) in [7, 11) is 1.28. The van der Waals surface area contributed by atoms with Gasteiger partial charge in [0, 0.05) is 64.7 Å². The predicted octanol–water partition coefficient (Wildman–Crippen LogP) is 2.83. The van der Waals surface area contributed by atoms with E-state index in [1.165, 1.54) is 20.3 Å². The number of H-pyrrole nitrogens is 1. The van der Waals surface area contributed by atoms with Crippen molar-refractivity contribution in [3.63, 3.8) is 0 Å². The molecule has 16 nitrogen and oxygen atoms in total. The number of aromatic amines is 1. The minimum absolute atomic E-state index is 0.237. The summed E-state index contributed by atoms with van der Waals surface area (Å²) in [5, 5.41) is 0. The van der Waals surface area contributed by atoms with E-state index in [4.69, 9.17) is 37.9 Å². The third kappa shape index (κ3) is 9.49. The fourth-order valence-electron chi connectivity index (χ4n) is 7.06.